The molecular formula is C8H12N2O3S. The van der Waals surface area contributed by atoms with Crippen LogP contribution in [0.15, 0.2) is 23.3 Å². The first-order chi connectivity index (χ1) is 6.55. The van der Waals surface area contributed by atoms with E-state index in [1.807, 2.05) is 0 Å². The second kappa shape index (κ2) is 4.36. The average molecular weight is 216 g/mol. The second-order valence-electron chi connectivity index (χ2n) is 2.83. The maximum Gasteiger partial charge on any atom is 0.347 e. The Morgan fingerprint density at radius 1 is 1.50 bits per heavy atom. The van der Waals surface area contributed by atoms with Crippen LogP contribution in [0.25, 0.3) is 0 Å². The van der Waals surface area contributed by atoms with E-state index in [1.165, 1.54) is 17.0 Å². The molecule has 5 nitrogen and oxygen atoms in total. The highest BCUT2D eigenvalue weighted by Gasteiger charge is 2.07. The lowest BCUT2D eigenvalue weighted by molar-refractivity contribution is 0.587. The molecule has 1 aromatic heterocycles. The van der Waals surface area contributed by atoms with E-state index in [1.54, 1.807) is 13.0 Å². The van der Waals surface area contributed by atoms with Crippen LogP contribution in [0.1, 0.15) is 6.92 Å². The van der Waals surface area contributed by atoms with Gasteiger partial charge >= 0.3 is 5.69 Å². The molecular weight excluding hydrogens is 204 g/mol. The van der Waals surface area contributed by atoms with Gasteiger partial charge in [0.25, 0.3) is 0 Å². The Bertz CT molecular complexity index is 450. The van der Waals surface area contributed by atoms with Gasteiger partial charge in [0.1, 0.15) is 0 Å². The van der Waals surface area contributed by atoms with E-state index in [0.717, 1.165) is 0 Å². The number of sulfone groups is 1. The third-order valence-corrected chi connectivity index (χ3v) is 3.55. The summed E-state index contributed by atoms with van der Waals surface area (Å²) in [4.78, 5) is 14.6. The van der Waals surface area contributed by atoms with Crippen LogP contribution in [0.5, 0.6) is 0 Å². The Balaban J connectivity index is 2.73. The molecule has 0 aromatic carbocycles. The van der Waals surface area contributed by atoms with Gasteiger partial charge < -0.3 is 0 Å². The number of hydrogen-bond donors (Lipinski definition) is 0. The lowest BCUT2D eigenvalue weighted by Crippen LogP contribution is -2.25. The molecule has 1 rings (SSSR count). The van der Waals surface area contributed by atoms with E-state index in [0.29, 0.717) is 0 Å². The van der Waals surface area contributed by atoms with Crippen molar-refractivity contribution in [2.75, 3.05) is 11.5 Å². The topological polar surface area (TPSA) is 69.0 Å². The molecule has 0 amide bonds. The average Bonchev–Trinajstić information content (AvgIpc) is 2.17. The van der Waals surface area contributed by atoms with Crippen molar-refractivity contribution in [3.8, 4) is 0 Å². The standard InChI is InChI=1S/C8H12N2O3S/c1-2-14(12,13)7-6-10-5-3-4-9-8(10)11/h3-5H,2,6-7H2,1H3. The van der Waals surface area contributed by atoms with Crippen LogP contribution in [0, 0.1) is 0 Å². The summed E-state index contributed by atoms with van der Waals surface area (Å²) in [5, 5.41) is 0. The molecule has 0 aliphatic carbocycles. The maximum absolute atomic E-state index is 11.1. The van der Waals surface area contributed by atoms with Gasteiger partial charge in [-0.15, -0.1) is 0 Å². The van der Waals surface area contributed by atoms with Crippen LogP contribution in [0.2, 0.25) is 0 Å². The minimum atomic E-state index is -3.02. The Labute approximate surface area is 82.3 Å². The summed E-state index contributed by atoms with van der Waals surface area (Å²) in [5.41, 5.74) is -0.418. The summed E-state index contributed by atoms with van der Waals surface area (Å²) >= 11 is 0. The molecule has 0 radical (unpaired) electrons. The van der Waals surface area contributed by atoms with E-state index in [9.17, 15) is 13.2 Å². The number of rotatable bonds is 4. The zero-order valence-electron chi connectivity index (χ0n) is 7.88. The zero-order chi connectivity index (χ0) is 10.6. The molecule has 1 aromatic rings. The Hall–Kier alpha value is -1.17. The van der Waals surface area contributed by atoms with Gasteiger partial charge in [0.2, 0.25) is 0 Å². The van der Waals surface area contributed by atoms with Gasteiger partial charge in [0.15, 0.2) is 9.84 Å². The largest absolute Gasteiger partial charge is 0.347 e. The highest BCUT2D eigenvalue weighted by molar-refractivity contribution is 7.91. The summed E-state index contributed by atoms with van der Waals surface area (Å²) in [5.74, 6) is 0.0805. The van der Waals surface area contributed by atoms with Gasteiger partial charge in [0, 0.05) is 24.7 Å². The zero-order valence-corrected chi connectivity index (χ0v) is 8.70. The van der Waals surface area contributed by atoms with Crippen molar-refractivity contribution in [3.05, 3.63) is 28.9 Å². The van der Waals surface area contributed by atoms with Crippen LogP contribution in [0.4, 0.5) is 0 Å². The molecule has 0 unspecified atom stereocenters. The van der Waals surface area contributed by atoms with Crippen molar-refractivity contribution in [2.45, 2.75) is 13.5 Å². The molecule has 0 bridgehead atoms. The predicted molar refractivity (Wildman–Crippen MR) is 52.8 cm³/mol. The van der Waals surface area contributed by atoms with E-state index in [4.69, 9.17) is 0 Å². The normalized spacial score (nSPS) is 11.5. The van der Waals surface area contributed by atoms with E-state index in [-0.39, 0.29) is 18.1 Å². The van der Waals surface area contributed by atoms with Gasteiger partial charge in [0.05, 0.1) is 5.75 Å². The minimum Gasteiger partial charge on any atom is -0.298 e. The molecule has 78 valence electrons. The monoisotopic (exact) mass is 216 g/mol. The van der Waals surface area contributed by atoms with Gasteiger partial charge in [-0.25, -0.2) is 18.2 Å². The third-order valence-electron chi connectivity index (χ3n) is 1.87. The SMILES string of the molecule is CCS(=O)(=O)CCn1cccnc1=O. The molecule has 0 atom stereocenters. The highest BCUT2D eigenvalue weighted by atomic mass is 32.2. The molecule has 0 spiro atoms. The van der Waals surface area contributed by atoms with Crippen molar-refractivity contribution >= 4 is 9.84 Å². The molecule has 14 heavy (non-hydrogen) atoms. The van der Waals surface area contributed by atoms with E-state index in [2.05, 4.69) is 4.98 Å². The van der Waals surface area contributed by atoms with Crippen LogP contribution < -0.4 is 5.69 Å². The predicted octanol–water partition coefficient (Wildman–Crippen LogP) is -0.322. The molecule has 6 heteroatoms. The Morgan fingerprint density at radius 3 is 2.79 bits per heavy atom. The molecule has 0 saturated carbocycles. The first-order valence-electron chi connectivity index (χ1n) is 4.27. The summed E-state index contributed by atoms with van der Waals surface area (Å²) in [6.45, 7) is 1.75. The lowest BCUT2D eigenvalue weighted by Gasteiger charge is -2.03. The fraction of sp³-hybridized carbons (Fsp3) is 0.500. The van der Waals surface area contributed by atoms with Crippen molar-refractivity contribution in [1.82, 2.24) is 9.55 Å². The summed E-state index contributed by atoms with van der Waals surface area (Å²) in [7, 11) is -3.02. The van der Waals surface area contributed by atoms with Gasteiger partial charge in [-0.1, -0.05) is 6.92 Å². The maximum atomic E-state index is 11.1. The van der Waals surface area contributed by atoms with Crippen LogP contribution in [-0.4, -0.2) is 29.5 Å². The summed E-state index contributed by atoms with van der Waals surface area (Å²) in [6, 6.07) is 1.60. The molecule has 1 heterocycles. The Kier molecular flexibility index (Phi) is 3.40. The van der Waals surface area contributed by atoms with Crippen LogP contribution in [0.3, 0.4) is 0 Å². The minimum absolute atomic E-state index is 0.0188. The lowest BCUT2D eigenvalue weighted by atomic mass is 10.6. The number of aromatic nitrogens is 2. The number of nitrogens with zero attached hydrogens (tertiary/aromatic N) is 2. The highest BCUT2D eigenvalue weighted by Crippen LogP contribution is 1.91. The second-order valence-corrected chi connectivity index (χ2v) is 5.30. The van der Waals surface area contributed by atoms with Crippen molar-refractivity contribution in [1.29, 1.82) is 0 Å². The first-order valence-corrected chi connectivity index (χ1v) is 6.09. The van der Waals surface area contributed by atoms with Gasteiger partial charge in [-0.2, -0.15) is 0 Å². The summed E-state index contributed by atoms with van der Waals surface area (Å²) in [6.07, 6.45) is 2.91. The van der Waals surface area contributed by atoms with E-state index < -0.39 is 15.5 Å². The number of hydrogen-bond acceptors (Lipinski definition) is 4. The number of aryl methyl sites for hydroxylation is 1. The molecule has 0 fully saturated rings. The van der Waals surface area contributed by atoms with Gasteiger partial charge in [-0.05, 0) is 6.07 Å². The van der Waals surface area contributed by atoms with Crippen molar-refractivity contribution < 1.29 is 8.42 Å². The fourth-order valence-electron chi connectivity index (χ4n) is 0.939. The van der Waals surface area contributed by atoms with Crippen molar-refractivity contribution in [2.24, 2.45) is 0 Å². The van der Waals surface area contributed by atoms with Crippen LogP contribution >= 0.6 is 0 Å². The van der Waals surface area contributed by atoms with Crippen molar-refractivity contribution in [3.63, 3.8) is 0 Å². The molecule has 0 saturated heterocycles. The first kappa shape index (κ1) is 10.9. The molecule has 0 aliphatic rings. The van der Waals surface area contributed by atoms with Gasteiger partial charge in [-0.3, -0.25) is 4.57 Å². The quantitative estimate of drug-likeness (QED) is 0.691. The Morgan fingerprint density at radius 2 is 2.21 bits per heavy atom. The van der Waals surface area contributed by atoms with Crippen LogP contribution in [-0.2, 0) is 16.4 Å². The van der Waals surface area contributed by atoms with E-state index >= 15 is 0 Å². The summed E-state index contributed by atoms with van der Waals surface area (Å²) < 4.78 is 23.6. The molecule has 0 N–H and O–H groups in total. The molecule has 0 aliphatic heterocycles. The smallest absolute Gasteiger partial charge is 0.298 e. The fourth-order valence-corrected chi connectivity index (χ4v) is 1.70. The third kappa shape index (κ3) is 2.95.